The molecule has 3 aromatic carbocycles. The Labute approximate surface area is 163 Å². The van der Waals surface area contributed by atoms with E-state index in [1.165, 1.54) is 0 Å². The van der Waals surface area contributed by atoms with Gasteiger partial charge in [0.15, 0.2) is 0 Å². The van der Waals surface area contributed by atoms with Crippen molar-refractivity contribution in [1.29, 1.82) is 0 Å². The summed E-state index contributed by atoms with van der Waals surface area (Å²) >= 11 is 3.37. The van der Waals surface area contributed by atoms with E-state index in [2.05, 4.69) is 20.7 Å². The highest BCUT2D eigenvalue weighted by Gasteiger charge is 2.21. The minimum atomic E-state index is -3.52. The zero-order valence-corrected chi connectivity index (χ0v) is 16.8. The van der Waals surface area contributed by atoms with Gasteiger partial charge >= 0.3 is 0 Å². The van der Waals surface area contributed by atoms with Gasteiger partial charge in [-0.3, -0.25) is 0 Å². The highest BCUT2D eigenvalue weighted by Crippen LogP contribution is 2.24. The molecule has 0 saturated heterocycles. The summed E-state index contributed by atoms with van der Waals surface area (Å²) in [4.78, 5) is 0. The average molecular weight is 430 g/mol. The number of benzene rings is 3. The van der Waals surface area contributed by atoms with Crippen molar-refractivity contribution < 1.29 is 8.42 Å². The van der Waals surface area contributed by atoms with Crippen molar-refractivity contribution in [3.8, 4) is 0 Å². The summed E-state index contributed by atoms with van der Waals surface area (Å²) in [7, 11) is -3.52. The smallest absolute Gasteiger partial charge is 0.212 e. The third kappa shape index (κ3) is 5.04. The van der Waals surface area contributed by atoms with Gasteiger partial charge in [0.25, 0.3) is 0 Å². The van der Waals surface area contributed by atoms with Gasteiger partial charge in [-0.05, 0) is 35.7 Å². The Kier molecular flexibility index (Phi) is 5.91. The Morgan fingerprint density at radius 2 is 1.42 bits per heavy atom. The van der Waals surface area contributed by atoms with Crippen LogP contribution in [0, 0.1) is 6.92 Å². The number of nitrogens with one attached hydrogen (secondary N) is 1. The molecule has 0 unspecified atom stereocenters. The van der Waals surface area contributed by atoms with E-state index in [0.29, 0.717) is 0 Å². The Morgan fingerprint density at radius 1 is 0.846 bits per heavy atom. The monoisotopic (exact) mass is 429 g/mol. The lowest BCUT2D eigenvalue weighted by atomic mass is 9.99. The molecule has 3 nitrogen and oxygen atoms in total. The second-order valence-corrected chi connectivity index (χ2v) is 8.93. The molecule has 5 heteroatoms. The Morgan fingerprint density at radius 3 is 2.04 bits per heavy atom. The van der Waals surface area contributed by atoms with Gasteiger partial charge in [0, 0.05) is 4.47 Å². The third-order valence-electron chi connectivity index (χ3n) is 4.11. The molecule has 0 heterocycles. The van der Waals surface area contributed by atoms with Gasteiger partial charge < -0.3 is 0 Å². The topological polar surface area (TPSA) is 46.2 Å². The molecule has 0 aliphatic heterocycles. The van der Waals surface area contributed by atoms with Crippen LogP contribution in [-0.4, -0.2) is 8.42 Å². The second kappa shape index (κ2) is 8.16. The summed E-state index contributed by atoms with van der Waals surface area (Å²) in [5, 5.41) is 0. The van der Waals surface area contributed by atoms with Crippen LogP contribution < -0.4 is 4.72 Å². The van der Waals surface area contributed by atoms with Crippen LogP contribution >= 0.6 is 15.9 Å². The van der Waals surface area contributed by atoms with Gasteiger partial charge in [0.05, 0.1) is 11.8 Å². The van der Waals surface area contributed by atoms with Crippen molar-refractivity contribution >= 4 is 26.0 Å². The van der Waals surface area contributed by atoms with E-state index in [1.54, 1.807) is 0 Å². The number of aryl methyl sites for hydroxylation is 1. The van der Waals surface area contributed by atoms with Crippen molar-refractivity contribution in [3.05, 3.63) is 106 Å². The SMILES string of the molecule is Cc1ccc([C@@H](NS(=O)(=O)Cc2ccc(Br)cc2)c2ccccc2)cc1. The van der Waals surface area contributed by atoms with E-state index >= 15 is 0 Å². The zero-order valence-electron chi connectivity index (χ0n) is 14.4. The predicted molar refractivity (Wildman–Crippen MR) is 109 cm³/mol. The lowest BCUT2D eigenvalue weighted by Gasteiger charge is -2.20. The Balaban J connectivity index is 1.89. The first-order chi connectivity index (χ1) is 12.4. The first kappa shape index (κ1) is 18.8. The molecule has 0 spiro atoms. The summed E-state index contributed by atoms with van der Waals surface area (Å²) in [6.07, 6.45) is 0. The predicted octanol–water partition coefficient (Wildman–Crippen LogP) is 4.97. The molecule has 0 aliphatic carbocycles. The third-order valence-corrected chi connectivity index (χ3v) is 5.95. The van der Waals surface area contributed by atoms with Crippen molar-refractivity contribution in [3.63, 3.8) is 0 Å². The van der Waals surface area contributed by atoms with Crippen LogP contribution in [0.4, 0.5) is 0 Å². The number of rotatable bonds is 6. The molecular weight excluding hydrogens is 410 g/mol. The molecule has 0 aliphatic rings. The lowest BCUT2D eigenvalue weighted by Crippen LogP contribution is -2.30. The zero-order chi connectivity index (χ0) is 18.6. The molecule has 0 amide bonds. The average Bonchev–Trinajstić information content (AvgIpc) is 2.63. The van der Waals surface area contributed by atoms with Gasteiger partial charge in [-0.25, -0.2) is 13.1 Å². The number of hydrogen-bond donors (Lipinski definition) is 1. The van der Waals surface area contributed by atoms with Crippen LogP contribution in [0.3, 0.4) is 0 Å². The van der Waals surface area contributed by atoms with Crippen LogP contribution in [0.1, 0.15) is 28.3 Å². The van der Waals surface area contributed by atoms with Gasteiger partial charge in [0.2, 0.25) is 10.0 Å². The fraction of sp³-hybridized carbons (Fsp3) is 0.143. The van der Waals surface area contributed by atoms with E-state index in [9.17, 15) is 8.42 Å². The molecular formula is C21H20BrNO2S. The molecule has 0 bridgehead atoms. The maximum Gasteiger partial charge on any atom is 0.216 e. The second-order valence-electron chi connectivity index (χ2n) is 6.26. The summed E-state index contributed by atoms with van der Waals surface area (Å²) in [6, 6.07) is 24.5. The molecule has 0 aromatic heterocycles. The van der Waals surface area contributed by atoms with Crippen LogP contribution in [0.25, 0.3) is 0 Å². The maximum absolute atomic E-state index is 12.8. The fourth-order valence-corrected chi connectivity index (χ4v) is 4.36. The molecule has 134 valence electrons. The molecule has 0 saturated carbocycles. The molecule has 3 aromatic rings. The van der Waals surface area contributed by atoms with E-state index < -0.39 is 16.1 Å². The Bertz CT molecular complexity index is 953. The van der Waals surface area contributed by atoms with Crippen molar-refractivity contribution in [2.45, 2.75) is 18.7 Å². The first-order valence-electron chi connectivity index (χ1n) is 8.29. The van der Waals surface area contributed by atoms with E-state index in [-0.39, 0.29) is 5.75 Å². The van der Waals surface area contributed by atoms with Gasteiger partial charge in [-0.1, -0.05) is 88.2 Å². The molecule has 26 heavy (non-hydrogen) atoms. The molecule has 0 radical (unpaired) electrons. The lowest BCUT2D eigenvalue weighted by molar-refractivity contribution is 0.571. The van der Waals surface area contributed by atoms with Gasteiger partial charge in [-0.15, -0.1) is 0 Å². The van der Waals surface area contributed by atoms with Crippen LogP contribution in [-0.2, 0) is 15.8 Å². The molecule has 1 N–H and O–H groups in total. The first-order valence-corrected chi connectivity index (χ1v) is 10.7. The Hall–Kier alpha value is -1.95. The summed E-state index contributed by atoms with van der Waals surface area (Å²) in [5.41, 5.74) is 3.71. The highest BCUT2D eigenvalue weighted by molar-refractivity contribution is 9.10. The number of halogens is 1. The highest BCUT2D eigenvalue weighted by atomic mass is 79.9. The van der Waals surface area contributed by atoms with Gasteiger partial charge in [-0.2, -0.15) is 0 Å². The molecule has 0 fully saturated rings. The van der Waals surface area contributed by atoms with Crippen molar-refractivity contribution in [1.82, 2.24) is 4.72 Å². The quantitative estimate of drug-likeness (QED) is 0.601. The van der Waals surface area contributed by atoms with Crippen molar-refractivity contribution in [2.24, 2.45) is 0 Å². The van der Waals surface area contributed by atoms with Crippen LogP contribution in [0.15, 0.2) is 83.3 Å². The standard InChI is InChI=1S/C21H20BrNO2S/c1-16-7-11-19(12-8-16)21(18-5-3-2-4-6-18)23-26(24,25)15-17-9-13-20(22)14-10-17/h2-14,21,23H,15H2,1H3/t21-/m0/s1. The fourth-order valence-electron chi connectivity index (χ4n) is 2.75. The van der Waals surface area contributed by atoms with E-state index in [1.807, 2.05) is 85.8 Å². The van der Waals surface area contributed by atoms with Crippen molar-refractivity contribution in [2.75, 3.05) is 0 Å². The molecule has 3 rings (SSSR count). The minimum absolute atomic E-state index is 0.0600. The normalized spacial score (nSPS) is 12.7. The summed E-state index contributed by atoms with van der Waals surface area (Å²) in [5.74, 6) is -0.0600. The number of hydrogen-bond acceptors (Lipinski definition) is 2. The molecule has 1 atom stereocenters. The van der Waals surface area contributed by atoms with Crippen LogP contribution in [0.2, 0.25) is 0 Å². The minimum Gasteiger partial charge on any atom is -0.212 e. The summed E-state index contributed by atoms with van der Waals surface area (Å²) < 4.78 is 29.4. The maximum atomic E-state index is 12.8. The van der Waals surface area contributed by atoms with Crippen LogP contribution in [0.5, 0.6) is 0 Å². The van der Waals surface area contributed by atoms with E-state index in [0.717, 1.165) is 26.7 Å². The van der Waals surface area contributed by atoms with Gasteiger partial charge in [0.1, 0.15) is 0 Å². The van der Waals surface area contributed by atoms with E-state index in [4.69, 9.17) is 0 Å². The number of sulfonamides is 1. The summed E-state index contributed by atoms with van der Waals surface area (Å²) in [6.45, 7) is 2.01. The largest absolute Gasteiger partial charge is 0.216 e.